The zero-order valence-corrected chi connectivity index (χ0v) is 28.4. The molecule has 0 unspecified atom stereocenters. The molecule has 246 valence electrons. The molecule has 2 aliphatic carbocycles. The number of benzene rings is 1. The monoisotopic (exact) mass is 687 g/mol. The van der Waals surface area contributed by atoms with E-state index in [2.05, 4.69) is 5.32 Å². The van der Waals surface area contributed by atoms with Crippen molar-refractivity contribution in [1.29, 1.82) is 0 Å². The van der Waals surface area contributed by atoms with Gasteiger partial charge in [-0.2, -0.15) is 0 Å². The van der Waals surface area contributed by atoms with Gasteiger partial charge in [-0.15, -0.1) is 0 Å². The summed E-state index contributed by atoms with van der Waals surface area (Å²) in [5.74, 6) is 0.631. The maximum atomic E-state index is 13.6. The van der Waals surface area contributed by atoms with Crippen molar-refractivity contribution >= 4 is 69.9 Å². The van der Waals surface area contributed by atoms with Crippen LogP contribution in [0.25, 0.3) is 17.4 Å². The summed E-state index contributed by atoms with van der Waals surface area (Å²) in [4.78, 5) is 52.4. The smallest absolute Gasteiger partial charge is 0.408 e. The highest BCUT2D eigenvalue weighted by Gasteiger charge is 2.48. The topological polar surface area (TPSA) is 141 Å². The molecule has 0 radical (unpaired) electrons. The number of ether oxygens (including phenoxy) is 2. The molecule has 0 spiro atoms. The molecule has 46 heavy (non-hydrogen) atoms. The summed E-state index contributed by atoms with van der Waals surface area (Å²) in [7, 11) is 0. The highest BCUT2D eigenvalue weighted by atomic mass is 35.5. The molecule has 13 heteroatoms. The van der Waals surface area contributed by atoms with Crippen molar-refractivity contribution in [3.63, 3.8) is 0 Å². The molecule has 1 aliphatic heterocycles. The third kappa shape index (κ3) is 8.32. The third-order valence-corrected chi connectivity index (χ3v) is 9.89. The number of hydrogen-bond donors (Lipinski definition) is 2. The van der Waals surface area contributed by atoms with E-state index in [9.17, 15) is 19.2 Å². The first-order chi connectivity index (χ1) is 21.8. The van der Waals surface area contributed by atoms with E-state index in [1.54, 1.807) is 39.0 Å². The number of fused-ring (bicyclic) bond motifs is 2. The van der Waals surface area contributed by atoms with Crippen LogP contribution in [0.4, 0.5) is 4.79 Å². The molecule has 1 saturated heterocycles. The fraction of sp³-hybridized carbons (Fsp3) is 0.485. The molecule has 2 saturated carbocycles. The molecule has 3 aliphatic rings. The Morgan fingerprint density at radius 2 is 1.96 bits per heavy atom. The van der Waals surface area contributed by atoms with Gasteiger partial charge in [0.2, 0.25) is 5.91 Å². The van der Waals surface area contributed by atoms with Gasteiger partial charge in [-0.25, -0.2) is 9.59 Å². The van der Waals surface area contributed by atoms with E-state index in [1.165, 1.54) is 24.6 Å². The van der Waals surface area contributed by atoms with Crippen LogP contribution in [0.3, 0.4) is 0 Å². The second-order valence-corrected chi connectivity index (χ2v) is 15.1. The first-order valence-electron chi connectivity index (χ1n) is 15.4. The number of amides is 3. The normalized spacial score (nSPS) is 22.4. The molecule has 3 fully saturated rings. The van der Waals surface area contributed by atoms with Gasteiger partial charge in [-0.3, -0.25) is 14.5 Å². The lowest BCUT2D eigenvalue weighted by atomic mass is 9.94. The van der Waals surface area contributed by atoms with E-state index >= 15 is 0 Å². The number of nitrogens with zero attached hydrogens (tertiary/aromatic N) is 1. The Bertz CT molecular complexity index is 1550. The van der Waals surface area contributed by atoms with Gasteiger partial charge in [-0.1, -0.05) is 42.0 Å². The quantitative estimate of drug-likeness (QED) is 0.122. The van der Waals surface area contributed by atoms with Crippen LogP contribution in [0.1, 0.15) is 70.6 Å². The minimum atomic E-state index is -1.29. The van der Waals surface area contributed by atoms with Crippen LogP contribution in [-0.4, -0.2) is 57.4 Å². The van der Waals surface area contributed by atoms with E-state index in [1.807, 2.05) is 23.1 Å². The number of thioether (sulfide) groups is 1. The van der Waals surface area contributed by atoms with Gasteiger partial charge in [0.1, 0.15) is 27.5 Å². The standard InChI is InChI=1S/C33H38ClN3O7S2/c1-33(2,3)44-31(41)36-23(16-28(35)38)30(40)42-12-4-5-21-15-25(19-8-10-22(34)11-9-19)43-26(21)17-27-29(39)37(32(45)46-27)24-14-18-6-7-20(24)13-18/h8-11,15,17-18,20,23-24H,4-7,12-14,16H2,1-3H3,(H2,35,38)(H,36,41)/b27-17-/t18-,20-,23-,24-/m0/s1. The van der Waals surface area contributed by atoms with Crippen molar-refractivity contribution in [2.45, 2.75) is 83.4 Å². The van der Waals surface area contributed by atoms with Gasteiger partial charge >= 0.3 is 12.1 Å². The maximum Gasteiger partial charge on any atom is 0.408 e. The Morgan fingerprint density at radius 1 is 1.22 bits per heavy atom. The minimum absolute atomic E-state index is 0.00264. The lowest BCUT2D eigenvalue weighted by Gasteiger charge is -2.30. The number of primary amides is 1. The van der Waals surface area contributed by atoms with Crippen molar-refractivity contribution in [2.75, 3.05) is 6.61 Å². The largest absolute Gasteiger partial charge is 0.464 e. The summed E-state index contributed by atoms with van der Waals surface area (Å²) in [5.41, 5.74) is 6.11. The van der Waals surface area contributed by atoms with Crippen molar-refractivity contribution < 1.29 is 33.1 Å². The molecular formula is C33H38ClN3O7S2. The van der Waals surface area contributed by atoms with Crippen LogP contribution in [0, 0.1) is 11.8 Å². The number of rotatable bonds is 11. The Hall–Kier alpha value is -3.35. The number of thiocarbonyl (C=S) groups is 1. The molecule has 2 bridgehead atoms. The van der Waals surface area contributed by atoms with Crippen molar-refractivity contribution in [2.24, 2.45) is 17.6 Å². The summed E-state index contributed by atoms with van der Waals surface area (Å²) in [5, 5.41) is 2.96. The fourth-order valence-electron chi connectivity index (χ4n) is 6.31. The van der Waals surface area contributed by atoms with E-state index in [0.717, 1.165) is 24.0 Å². The molecule has 3 amide bonds. The van der Waals surface area contributed by atoms with Gasteiger partial charge in [0.25, 0.3) is 5.91 Å². The summed E-state index contributed by atoms with van der Waals surface area (Å²) >= 11 is 13.1. The number of alkyl carbamates (subject to hydrolysis) is 1. The third-order valence-electron chi connectivity index (χ3n) is 8.30. The predicted molar refractivity (Wildman–Crippen MR) is 180 cm³/mol. The summed E-state index contributed by atoms with van der Waals surface area (Å²) in [6, 6.07) is 8.01. The first-order valence-corrected chi connectivity index (χ1v) is 17.0. The van der Waals surface area contributed by atoms with Gasteiger partial charge in [0.15, 0.2) is 0 Å². The van der Waals surface area contributed by atoms with Gasteiger partial charge < -0.3 is 24.9 Å². The summed E-state index contributed by atoms with van der Waals surface area (Å²) < 4.78 is 17.4. The number of nitrogens with two attached hydrogens (primary N) is 1. The Balaban J connectivity index is 1.28. The fourth-order valence-corrected chi connectivity index (χ4v) is 7.78. The summed E-state index contributed by atoms with van der Waals surface area (Å²) in [6.07, 6.45) is 5.84. The highest BCUT2D eigenvalue weighted by Crippen LogP contribution is 2.49. The molecule has 1 aromatic heterocycles. The second kappa shape index (κ2) is 14.2. The van der Waals surface area contributed by atoms with Gasteiger partial charge in [0, 0.05) is 22.7 Å². The molecule has 5 rings (SSSR count). The van der Waals surface area contributed by atoms with E-state index in [4.69, 9.17) is 43.4 Å². The van der Waals surface area contributed by atoms with E-state index < -0.39 is 36.0 Å². The maximum absolute atomic E-state index is 13.6. The Kier molecular flexibility index (Phi) is 10.5. The van der Waals surface area contributed by atoms with Crippen molar-refractivity contribution in [3.05, 3.63) is 51.6 Å². The minimum Gasteiger partial charge on any atom is -0.464 e. The van der Waals surface area contributed by atoms with Crippen LogP contribution in [0.15, 0.2) is 39.7 Å². The molecule has 3 N–H and O–H groups in total. The second-order valence-electron chi connectivity index (χ2n) is 12.9. The van der Waals surface area contributed by atoms with E-state index in [0.29, 0.717) is 50.4 Å². The van der Waals surface area contributed by atoms with Gasteiger partial charge in [-0.05, 0) is 101 Å². The Labute approximate surface area is 282 Å². The molecule has 2 aromatic rings. The first kappa shape index (κ1) is 34.0. The SMILES string of the molecule is CC(C)(C)OC(=O)N[C@@H](CC(N)=O)C(=O)OCCCc1cc(-c2ccc(Cl)cc2)oc1/C=C1\SC(=S)N([C@H]2C[C@H]3CC[C@H]2C3)C1=O. The number of carbonyl (C=O) groups is 4. The Morgan fingerprint density at radius 3 is 2.59 bits per heavy atom. The zero-order valence-electron chi connectivity index (χ0n) is 26.0. The molecule has 10 nitrogen and oxygen atoms in total. The number of halogens is 1. The number of furan rings is 1. The molecular weight excluding hydrogens is 650 g/mol. The summed E-state index contributed by atoms with van der Waals surface area (Å²) in [6.45, 7) is 5.03. The molecule has 2 heterocycles. The number of carbonyl (C=O) groups excluding carboxylic acids is 4. The number of nitrogens with one attached hydrogen (secondary N) is 1. The number of aryl methyl sites for hydroxylation is 1. The van der Waals surface area contributed by atoms with Gasteiger partial charge in [0.05, 0.1) is 17.9 Å². The lowest BCUT2D eigenvalue weighted by Crippen LogP contribution is -2.46. The van der Waals surface area contributed by atoms with Crippen LogP contribution in [0.2, 0.25) is 5.02 Å². The van der Waals surface area contributed by atoms with E-state index in [-0.39, 0.29) is 18.6 Å². The zero-order chi connectivity index (χ0) is 33.2. The molecule has 4 atom stereocenters. The van der Waals surface area contributed by atoms with Crippen LogP contribution in [-0.2, 0) is 30.3 Å². The number of esters is 1. The average Bonchev–Trinajstić information content (AvgIpc) is 3.74. The predicted octanol–water partition coefficient (Wildman–Crippen LogP) is 6.23. The van der Waals surface area contributed by atoms with Crippen molar-refractivity contribution in [3.8, 4) is 11.3 Å². The van der Waals surface area contributed by atoms with Crippen LogP contribution >= 0.6 is 35.6 Å². The number of hydrogen-bond acceptors (Lipinski definition) is 9. The van der Waals surface area contributed by atoms with Crippen LogP contribution in [0.5, 0.6) is 0 Å². The lowest BCUT2D eigenvalue weighted by molar-refractivity contribution is -0.147. The van der Waals surface area contributed by atoms with Crippen LogP contribution < -0.4 is 11.1 Å². The average molecular weight is 688 g/mol. The molecule has 1 aromatic carbocycles. The highest BCUT2D eigenvalue weighted by molar-refractivity contribution is 8.26. The van der Waals surface area contributed by atoms with Crippen molar-refractivity contribution in [1.82, 2.24) is 10.2 Å².